The molecule has 1 aromatic carbocycles. The van der Waals surface area contributed by atoms with Gasteiger partial charge >= 0.3 is 0 Å². The van der Waals surface area contributed by atoms with Crippen molar-refractivity contribution in [1.82, 2.24) is 0 Å². The Morgan fingerprint density at radius 1 is 1.31 bits per heavy atom. The highest BCUT2D eigenvalue weighted by Gasteiger charge is 2.10. The monoisotopic (exact) mass is 222 g/mol. The van der Waals surface area contributed by atoms with Crippen molar-refractivity contribution in [2.24, 2.45) is 0 Å². The maximum absolute atomic E-state index is 12.7. The van der Waals surface area contributed by atoms with E-state index in [1.165, 1.54) is 31.2 Å². The van der Waals surface area contributed by atoms with Gasteiger partial charge in [-0.3, -0.25) is 0 Å². The van der Waals surface area contributed by atoms with Crippen LogP contribution in [0.4, 0.5) is 4.39 Å². The van der Waals surface area contributed by atoms with Crippen LogP contribution in [0.15, 0.2) is 29.2 Å². The molecule has 72 valence electrons. The highest BCUT2D eigenvalue weighted by molar-refractivity contribution is 8.13. The van der Waals surface area contributed by atoms with Crippen LogP contribution in [0.25, 0.3) is 0 Å². The van der Waals surface area contributed by atoms with E-state index < -0.39 is 15.2 Å². The minimum atomic E-state index is -3.70. The largest absolute Gasteiger partial charge is 0.261 e. The van der Waals surface area contributed by atoms with Crippen LogP contribution in [0.5, 0.6) is 0 Å². The number of hydrogen-bond acceptors (Lipinski definition) is 2. The molecule has 0 fully saturated rings. The van der Waals surface area contributed by atoms with Gasteiger partial charge in [-0.05, 0) is 24.6 Å². The summed E-state index contributed by atoms with van der Waals surface area (Å²) < 4.78 is 34.3. The maximum atomic E-state index is 12.7. The third-order valence-corrected chi connectivity index (χ3v) is 2.99. The number of rotatable bonds is 2. The zero-order valence-electron chi connectivity index (χ0n) is 6.87. The van der Waals surface area contributed by atoms with Gasteiger partial charge in [-0.1, -0.05) is 12.1 Å². The molecule has 13 heavy (non-hydrogen) atoms. The van der Waals surface area contributed by atoms with Gasteiger partial charge in [-0.25, -0.2) is 12.8 Å². The molecule has 0 spiro atoms. The second kappa shape index (κ2) is 3.64. The molecule has 2 nitrogen and oxygen atoms in total. The zero-order valence-corrected chi connectivity index (χ0v) is 8.44. The van der Waals surface area contributed by atoms with Crippen LogP contribution in [0.1, 0.15) is 18.7 Å². The molecular formula is C8H8ClFO2S. The van der Waals surface area contributed by atoms with E-state index in [0.29, 0.717) is 5.56 Å². The molecule has 0 aliphatic heterocycles. The van der Waals surface area contributed by atoms with Gasteiger partial charge in [0, 0.05) is 10.7 Å². The molecule has 5 heteroatoms. The molecule has 0 bridgehead atoms. The Bertz CT molecular complexity index is 383. The van der Waals surface area contributed by atoms with Gasteiger partial charge in [-0.15, -0.1) is 0 Å². The van der Waals surface area contributed by atoms with E-state index in [1.807, 2.05) is 0 Å². The quantitative estimate of drug-likeness (QED) is 0.721. The van der Waals surface area contributed by atoms with Crippen LogP contribution < -0.4 is 0 Å². The normalized spacial score (nSPS) is 14.1. The van der Waals surface area contributed by atoms with Gasteiger partial charge in [0.05, 0.1) is 4.90 Å². The number of halogens is 2. The molecule has 0 heterocycles. The Hall–Kier alpha value is -0.610. The zero-order chi connectivity index (χ0) is 10.1. The Labute approximate surface area is 80.8 Å². The highest BCUT2D eigenvalue weighted by atomic mass is 35.7. The minimum absolute atomic E-state index is 0.0152. The Balaban J connectivity index is 3.08. The molecule has 1 aromatic rings. The first kappa shape index (κ1) is 10.5. The number of hydrogen-bond donors (Lipinski definition) is 0. The van der Waals surface area contributed by atoms with Crippen LogP contribution in [0, 0.1) is 0 Å². The number of alkyl halides is 1. The fourth-order valence-corrected chi connectivity index (χ4v) is 1.67. The van der Waals surface area contributed by atoms with Gasteiger partial charge in [0.1, 0.15) is 6.17 Å². The van der Waals surface area contributed by atoms with Crippen molar-refractivity contribution in [3.05, 3.63) is 29.8 Å². The van der Waals surface area contributed by atoms with E-state index >= 15 is 0 Å². The lowest BCUT2D eigenvalue weighted by Crippen LogP contribution is -1.91. The van der Waals surface area contributed by atoms with Crippen molar-refractivity contribution in [2.45, 2.75) is 18.0 Å². The summed E-state index contributed by atoms with van der Waals surface area (Å²) in [5.74, 6) is 0. The van der Waals surface area contributed by atoms with E-state index in [2.05, 4.69) is 0 Å². The first-order valence-electron chi connectivity index (χ1n) is 3.60. The second-order valence-corrected chi connectivity index (χ2v) is 5.19. The Kier molecular flexibility index (Phi) is 2.93. The topological polar surface area (TPSA) is 34.1 Å². The standard InChI is InChI=1S/C8H8ClFO2S/c1-6(10)7-2-4-8(5-3-7)13(9,11)12/h2-6H,1H3/t6-/m1/s1. The third kappa shape index (κ3) is 2.67. The van der Waals surface area contributed by atoms with E-state index in [1.54, 1.807) is 0 Å². The summed E-state index contributed by atoms with van der Waals surface area (Å²) in [7, 11) is 1.37. The molecule has 0 saturated heterocycles. The lowest BCUT2D eigenvalue weighted by Gasteiger charge is -2.01. The SMILES string of the molecule is C[C@@H](F)c1ccc(S(=O)(=O)Cl)cc1. The van der Waals surface area contributed by atoms with Crippen LogP contribution in [-0.4, -0.2) is 8.42 Å². The first-order valence-corrected chi connectivity index (χ1v) is 5.91. The molecule has 0 radical (unpaired) electrons. The van der Waals surface area contributed by atoms with Gasteiger partial charge in [0.2, 0.25) is 0 Å². The smallest absolute Gasteiger partial charge is 0.243 e. The maximum Gasteiger partial charge on any atom is 0.261 e. The van der Waals surface area contributed by atoms with Crippen LogP contribution in [0.3, 0.4) is 0 Å². The molecule has 0 N–H and O–H groups in total. The first-order chi connectivity index (χ1) is 5.91. The molecule has 1 atom stereocenters. The Morgan fingerprint density at radius 3 is 2.08 bits per heavy atom. The molecule has 0 aliphatic carbocycles. The van der Waals surface area contributed by atoms with Crippen LogP contribution in [-0.2, 0) is 9.05 Å². The highest BCUT2D eigenvalue weighted by Crippen LogP contribution is 2.20. The van der Waals surface area contributed by atoms with E-state index in [9.17, 15) is 12.8 Å². The summed E-state index contributed by atoms with van der Waals surface area (Å²) in [6, 6.07) is 5.38. The third-order valence-electron chi connectivity index (χ3n) is 1.62. The van der Waals surface area contributed by atoms with Crippen molar-refractivity contribution in [2.75, 3.05) is 0 Å². The fraction of sp³-hybridized carbons (Fsp3) is 0.250. The lowest BCUT2D eigenvalue weighted by atomic mass is 10.1. The van der Waals surface area contributed by atoms with Gasteiger partial charge < -0.3 is 0 Å². The summed E-state index contributed by atoms with van der Waals surface area (Å²) in [4.78, 5) is -0.0152. The van der Waals surface area contributed by atoms with Crippen molar-refractivity contribution < 1.29 is 12.8 Å². The average Bonchev–Trinajstić information content (AvgIpc) is 2.03. The minimum Gasteiger partial charge on any atom is -0.243 e. The molecule has 0 aliphatic rings. The van der Waals surface area contributed by atoms with Crippen molar-refractivity contribution >= 4 is 19.7 Å². The molecular weight excluding hydrogens is 215 g/mol. The van der Waals surface area contributed by atoms with Crippen LogP contribution >= 0.6 is 10.7 Å². The van der Waals surface area contributed by atoms with Gasteiger partial charge in [-0.2, -0.15) is 0 Å². The predicted molar refractivity (Wildman–Crippen MR) is 49.0 cm³/mol. The summed E-state index contributed by atoms with van der Waals surface area (Å²) in [6.45, 7) is 1.38. The predicted octanol–water partition coefficient (Wildman–Crippen LogP) is 2.64. The molecule has 0 saturated carbocycles. The summed E-state index contributed by atoms with van der Waals surface area (Å²) >= 11 is 0. The summed E-state index contributed by atoms with van der Waals surface area (Å²) in [6.07, 6.45) is -1.10. The molecule has 0 unspecified atom stereocenters. The van der Waals surface area contributed by atoms with Crippen molar-refractivity contribution in [3.63, 3.8) is 0 Å². The average molecular weight is 223 g/mol. The fourth-order valence-electron chi connectivity index (χ4n) is 0.896. The molecule has 0 amide bonds. The second-order valence-electron chi connectivity index (χ2n) is 2.62. The summed E-state index contributed by atoms with van der Waals surface area (Å²) in [5.41, 5.74) is 0.434. The van der Waals surface area contributed by atoms with E-state index in [-0.39, 0.29) is 4.90 Å². The number of benzene rings is 1. The molecule has 1 rings (SSSR count). The molecule has 0 aromatic heterocycles. The van der Waals surface area contributed by atoms with E-state index in [0.717, 1.165) is 0 Å². The Morgan fingerprint density at radius 2 is 1.77 bits per heavy atom. The summed E-state index contributed by atoms with van der Waals surface area (Å²) in [5, 5.41) is 0. The van der Waals surface area contributed by atoms with Gasteiger partial charge in [0.25, 0.3) is 9.05 Å². The van der Waals surface area contributed by atoms with E-state index in [4.69, 9.17) is 10.7 Å². The lowest BCUT2D eigenvalue weighted by molar-refractivity contribution is 0.374. The van der Waals surface area contributed by atoms with Gasteiger partial charge in [0.15, 0.2) is 0 Å². The van der Waals surface area contributed by atoms with Crippen molar-refractivity contribution in [3.8, 4) is 0 Å². The van der Waals surface area contributed by atoms with Crippen LogP contribution in [0.2, 0.25) is 0 Å². The van der Waals surface area contributed by atoms with Crippen molar-refractivity contribution in [1.29, 1.82) is 0 Å².